The number of aromatic nitrogens is 3. The maximum Gasteiger partial charge on any atom is 0.255 e. The second-order valence-electron chi connectivity index (χ2n) is 7.13. The van der Waals surface area contributed by atoms with Crippen molar-refractivity contribution in [2.45, 2.75) is 20.8 Å². The van der Waals surface area contributed by atoms with E-state index in [1.807, 2.05) is 54.8 Å². The van der Waals surface area contributed by atoms with Crippen LogP contribution < -0.4 is 0 Å². The van der Waals surface area contributed by atoms with E-state index in [1.165, 1.54) is 0 Å². The molecule has 0 radical (unpaired) electrons. The van der Waals surface area contributed by atoms with Crippen molar-refractivity contribution in [2.75, 3.05) is 26.2 Å². The molecule has 27 heavy (non-hydrogen) atoms. The van der Waals surface area contributed by atoms with E-state index in [0.717, 1.165) is 28.2 Å². The van der Waals surface area contributed by atoms with E-state index in [0.29, 0.717) is 37.3 Å². The molecule has 1 aliphatic rings. The monoisotopic (exact) mass is 365 g/mol. The Morgan fingerprint density at radius 1 is 0.926 bits per heavy atom. The Labute approximate surface area is 157 Å². The van der Waals surface area contributed by atoms with Gasteiger partial charge in [-0.3, -0.25) is 9.59 Å². The van der Waals surface area contributed by atoms with Crippen LogP contribution in [0.1, 0.15) is 37.9 Å². The number of amides is 2. The van der Waals surface area contributed by atoms with Gasteiger partial charge >= 0.3 is 0 Å². The minimum absolute atomic E-state index is 0.00933. The average Bonchev–Trinajstić information content (AvgIpc) is 3.20. The van der Waals surface area contributed by atoms with Gasteiger partial charge in [0, 0.05) is 43.1 Å². The van der Waals surface area contributed by atoms with E-state index in [2.05, 4.69) is 15.0 Å². The Morgan fingerprint density at radius 3 is 2.22 bits per heavy atom. The SMILES string of the molecule is Cc1cc(C(=O)N2CCN(C(=O)c3ccc4nc(C)[nH]c4c3)CC2)c(C)[nH]1. The first-order chi connectivity index (χ1) is 12.9. The minimum atomic E-state index is -0.00933. The quantitative estimate of drug-likeness (QED) is 0.731. The molecule has 0 aliphatic carbocycles. The first-order valence-electron chi connectivity index (χ1n) is 9.13. The number of H-pyrrole nitrogens is 2. The van der Waals surface area contributed by atoms with Crippen molar-refractivity contribution < 1.29 is 9.59 Å². The molecule has 0 atom stereocenters. The number of aromatic amines is 2. The summed E-state index contributed by atoms with van der Waals surface area (Å²) in [6, 6.07) is 7.41. The molecule has 0 bridgehead atoms. The summed E-state index contributed by atoms with van der Waals surface area (Å²) in [6.45, 7) is 7.90. The van der Waals surface area contributed by atoms with Crippen LogP contribution in [0.25, 0.3) is 11.0 Å². The molecule has 1 aromatic carbocycles. The van der Waals surface area contributed by atoms with Crippen molar-refractivity contribution >= 4 is 22.8 Å². The highest BCUT2D eigenvalue weighted by molar-refractivity contribution is 5.98. The van der Waals surface area contributed by atoms with Crippen molar-refractivity contribution in [3.05, 3.63) is 52.6 Å². The lowest BCUT2D eigenvalue weighted by molar-refractivity contribution is 0.0535. The average molecular weight is 365 g/mol. The van der Waals surface area contributed by atoms with Crippen molar-refractivity contribution in [2.24, 2.45) is 0 Å². The molecule has 1 aliphatic heterocycles. The minimum Gasteiger partial charge on any atom is -0.362 e. The van der Waals surface area contributed by atoms with E-state index in [4.69, 9.17) is 0 Å². The van der Waals surface area contributed by atoms with Gasteiger partial charge in [0.05, 0.1) is 16.6 Å². The Hall–Kier alpha value is -3.09. The largest absolute Gasteiger partial charge is 0.362 e. The highest BCUT2D eigenvalue weighted by Crippen LogP contribution is 2.18. The van der Waals surface area contributed by atoms with Crippen molar-refractivity contribution in [3.63, 3.8) is 0 Å². The fourth-order valence-electron chi connectivity index (χ4n) is 3.68. The number of carbonyl (C=O) groups excluding carboxylic acids is 2. The fourth-order valence-corrected chi connectivity index (χ4v) is 3.68. The standard InChI is InChI=1S/C20H23N5O2/c1-12-10-16(13(2)21-12)20(27)25-8-6-24(7-9-25)19(26)15-4-5-17-18(11-15)23-14(3)22-17/h4-5,10-11,21H,6-9H2,1-3H3,(H,22,23). The maximum absolute atomic E-state index is 12.8. The number of imidazole rings is 1. The Bertz CT molecular complexity index is 1020. The van der Waals surface area contributed by atoms with Gasteiger partial charge in [-0.25, -0.2) is 4.98 Å². The summed E-state index contributed by atoms with van der Waals surface area (Å²) in [4.78, 5) is 39.9. The topological polar surface area (TPSA) is 85.1 Å². The molecule has 7 nitrogen and oxygen atoms in total. The Balaban J connectivity index is 1.44. The summed E-state index contributed by atoms with van der Waals surface area (Å²) in [5, 5.41) is 0. The number of carbonyl (C=O) groups is 2. The summed E-state index contributed by atoms with van der Waals surface area (Å²) in [7, 11) is 0. The third kappa shape index (κ3) is 3.20. The number of nitrogens with zero attached hydrogens (tertiary/aromatic N) is 3. The number of benzene rings is 1. The van der Waals surface area contributed by atoms with Gasteiger partial charge in [0.1, 0.15) is 5.82 Å². The number of hydrogen-bond acceptors (Lipinski definition) is 3. The van der Waals surface area contributed by atoms with Crippen LogP contribution in [-0.4, -0.2) is 62.7 Å². The van der Waals surface area contributed by atoms with Crippen LogP contribution in [0.15, 0.2) is 24.3 Å². The molecule has 2 N–H and O–H groups in total. The fraction of sp³-hybridized carbons (Fsp3) is 0.350. The molecule has 4 rings (SSSR count). The molecule has 3 heterocycles. The molecule has 7 heteroatoms. The lowest BCUT2D eigenvalue weighted by Crippen LogP contribution is -2.50. The summed E-state index contributed by atoms with van der Waals surface area (Å²) >= 11 is 0. The van der Waals surface area contributed by atoms with Gasteiger partial charge in [0.15, 0.2) is 0 Å². The summed E-state index contributed by atoms with van der Waals surface area (Å²) in [5.74, 6) is 0.847. The number of nitrogens with one attached hydrogen (secondary N) is 2. The van der Waals surface area contributed by atoms with Crippen molar-refractivity contribution in [1.29, 1.82) is 0 Å². The zero-order valence-corrected chi connectivity index (χ0v) is 15.8. The first kappa shape index (κ1) is 17.3. The predicted octanol–water partition coefficient (Wildman–Crippen LogP) is 2.41. The lowest BCUT2D eigenvalue weighted by Gasteiger charge is -2.34. The van der Waals surface area contributed by atoms with E-state index >= 15 is 0 Å². The molecule has 1 fully saturated rings. The maximum atomic E-state index is 12.8. The third-order valence-electron chi connectivity index (χ3n) is 5.08. The lowest BCUT2D eigenvalue weighted by atomic mass is 10.1. The normalized spacial score (nSPS) is 14.8. The highest BCUT2D eigenvalue weighted by atomic mass is 16.2. The van der Waals surface area contributed by atoms with Crippen molar-refractivity contribution in [1.82, 2.24) is 24.8 Å². The molecular weight excluding hydrogens is 342 g/mol. The zero-order chi connectivity index (χ0) is 19.1. The second-order valence-corrected chi connectivity index (χ2v) is 7.13. The molecule has 140 valence electrons. The molecule has 0 spiro atoms. The van der Waals surface area contributed by atoms with Gasteiger partial charge in [0.25, 0.3) is 11.8 Å². The van der Waals surface area contributed by atoms with E-state index < -0.39 is 0 Å². The molecule has 2 aromatic heterocycles. The Morgan fingerprint density at radius 2 is 1.59 bits per heavy atom. The van der Waals surface area contributed by atoms with Gasteiger partial charge in [-0.1, -0.05) is 0 Å². The molecule has 0 saturated carbocycles. The van der Waals surface area contributed by atoms with Crippen LogP contribution >= 0.6 is 0 Å². The molecular formula is C20H23N5O2. The van der Waals surface area contributed by atoms with Gasteiger partial charge in [-0.05, 0) is 45.0 Å². The van der Waals surface area contributed by atoms with Crippen molar-refractivity contribution in [3.8, 4) is 0 Å². The van der Waals surface area contributed by atoms with Crippen LogP contribution in [0, 0.1) is 20.8 Å². The second kappa shape index (κ2) is 6.57. The van der Waals surface area contributed by atoms with Gasteiger partial charge in [0.2, 0.25) is 0 Å². The number of fused-ring (bicyclic) bond motifs is 1. The van der Waals surface area contributed by atoms with Crippen LogP contribution in [-0.2, 0) is 0 Å². The van der Waals surface area contributed by atoms with Gasteiger partial charge in [-0.2, -0.15) is 0 Å². The predicted molar refractivity (Wildman–Crippen MR) is 103 cm³/mol. The van der Waals surface area contributed by atoms with Gasteiger partial charge < -0.3 is 19.8 Å². The first-order valence-corrected chi connectivity index (χ1v) is 9.13. The van der Waals surface area contributed by atoms with E-state index in [9.17, 15) is 9.59 Å². The highest BCUT2D eigenvalue weighted by Gasteiger charge is 2.27. The number of rotatable bonds is 2. The summed E-state index contributed by atoms with van der Waals surface area (Å²) < 4.78 is 0. The number of aryl methyl sites for hydroxylation is 3. The number of piperazine rings is 1. The van der Waals surface area contributed by atoms with Crippen LogP contribution in [0.3, 0.4) is 0 Å². The van der Waals surface area contributed by atoms with Gasteiger partial charge in [-0.15, -0.1) is 0 Å². The zero-order valence-electron chi connectivity index (χ0n) is 15.8. The smallest absolute Gasteiger partial charge is 0.255 e. The van der Waals surface area contributed by atoms with Crippen LogP contribution in [0.5, 0.6) is 0 Å². The Kier molecular flexibility index (Phi) is 4.22. The molecule has 2 amide bonds. The molecule has 3 aromatic rings. The van der Waals surface area contributed by atoms with E-state index in [-0.39, 0.29) is 11.8 Å². The molecule has 1 saturated heterocycles. The summed E-state index contributed by atoms with van der Waals surface area (Å²) in [6.07, 6.45) is 0. The number of hydrogen-bond donors (Lipinski definition) is 2. The van der Waals surface area contributed by atoms with E-state index in [1.54, 1.807) is 0 Å². The van der Waals surface area contributed by atoms with Crippen LogP contribution in [0.4, 0.5) is 0 Å². The molecule has 0 unspecified atom stereocenters. The summed E-state index contributed by atoms with van der Waals surface area (Å²) in [5.41, 5.74) is 4.95. The van der Waals surface area contributed by atoms with Crippen LogP contribution in [0.2, 0.25) is 0 Å². The third-order valence-corrected chi connectivity index (χ3v) is 5.08.